The third-order valence-electron chi connectivity index (χ3n) is 7.70. The Hall–Kier alpha value is -2.26. The third kappa shape index (κ3) is 4.97. The summed E-state index contributed by atoms with van der Waals surface area (Å²) < 4.78 is 57.4. The third-order valence-corrected chi connectivity index (χ3v) is 11.3. The first-order valence-electron chi connectivity index (χ1n) is 12.8. The van der Waals surface area contributed by atoms with Gasteiger partial charge in [0, 0.05) is 32.1 Å². The van der Waals surface area contributed by atoms with E-state index in [1.165, 1.54) is 5.57 Å². The van der Waals surface area contributed by atoms with E-state index < -0.39 is 20.0 Å². The maximum absolute atomic E-state index is 13.6. The summed E-state index contributed by atoms with van der Waals surface area (Å²) in [6.07, 6.45) is 3.03. The van der Waals surface area contributed by atoms with Gasteiger partial charge in [-0.15, -0.1) is 0 Å². The highest BCUT2D eigenvalue weighted by Gasteiger charge is 2.47. The fourth-order valence-electron chi connectivity index (χ4n) is 5.86. The highest BCUT2D eigenvalue weighted by Crippen LogP contribution is 2.48. The number of fused-ring (bicyclic) bond motifs is 2. The van der Waals surface area contributed by atoms with E-state index in [4.69, 9.17) is 0 Å². The number of hydrogen-bond donors (Lipinski definition) is 0. The van der Waals surface area contributed by atoms with Crippen LogP contribution in [-0.4, -0.2) is 51.6 Å². The number of sulfonamides is 2. The maximum atomic E-state index is 13.6. The summed E-state index contributed by atoms with van der Waals surface area (Å²) in [7, 11) is -7.29. The second-order valence-corrected chi connectivity index (χ2v) is 15.7. The van der Waals surface area contributed by atoms with Crippen LogP contribution in [0.4, 0.5) is 0 Å². The van der Waals surface area contributed by atoms with Gasteiger partial charge in [0.15, 0.2) is 0 Å². The first kappa shape index (κ1) is 26.4. The largest absolute Gasteiger partial charge is 0.243 e. The predicted octanol–water partition coefficient (Wildman–Crippen LogP) is 4.92. The van der Waals surface area contributed by atoms with Crippen molar-refractivity contribution in [2.24, 2.45) is 17.3 Å². The first-order valence-corrected chi connectivity index (χ1v) is 15.7. The molecule has 5 rings (SSSR count). The van der Waals surface area contributed by atoms with Crippen molar-refractivity contribution in [3.05, 3.63) is 82.5 Å². The molecule has 0 radical (unpaired) electrons. The Morgan fingerprint density at radius 1 is 0.730 bits per heavy atom. The fraction of sp³-hybridized carbons (Fsp3) is 0.448. The second-order valence-electron chi connectivity index (χ2n) is 11.8. The molecule has 3 aliphatic rings. The molecule has 2 fully saturated rings. The number of nitrogens with zero attached hydrogens (tertiary/aromatic N) is 2. The molecule has 0 bridgehead atoms. The van der Waals surface area contributed by atoms with Crippen molar-refractivity contribution in [2.75, 3.05) is 26.2 Å². The van der Waals surface area contributed by atoms with E-state index in [9.17, 15) is 16.8 Å². The molecule has 0 amide bonds. The predicted molar refractivity (Wildman–Crippen MR) is 146 cm³/mol. The van der Waals surface area contributed by atoms with E-state index in [0.717, 1.165) is 28.7 Å². The van der Waals surface area contributed by atoms with Crippen LogP contribution in [0, 0.1) is 31.1 Å². The lowest BCUT2D eigenvalue weighted by Gasteiger charge is -2.30. The lowest BCUT2D eigenvalue weighted by atomic mass is 9.74. The Morgan fingerprint density at radius 2 is 1.19 bits per heavy atom. The van der Waals surface area contributed by atoms with Crippen molar-refractivity contribution in [2.45, 2.75) is 50.8 Å². The average molecular weight is 541 g/mol. The summed E-state index contributed by atoms with van der Waals surface area (Å²) in [4.78, 5) is 0.606. The minimum absolute atomic E-state index is 0.00673. The van der Waals surface area contributed by atoms with Crippen LogP contribution in [0.5, 0.6) is 0 Å². The van der Waals surface area contributed by atoms with Gasteiger partial charge in [0.1, 0.15) is 0 Å². The van der Waals surface area contributed by atoms with Crippen LogP contribution in [0.1, 0.15) is 38.3 Å². The van der Waals surface area contributed by atoms with Crippen molar-refractivity contribution >= 4 is 20.0 Å². The molecule has 0 saturated carbocycles. The van der Waals surface area contributed by atoms with Gasteiger partial charge in [-0.05, 0) is 67.0 Å². The minimum Gasteiger partial charge on any atom is -0.207 e. The Labute approximate surface area is 221 Å². The van der Waals surface area contributed by atoms with Crippen LogP contribution in [0.15, 0.2) is 81.1 Å². The van der Waals surface area contributed by atoms with Crippen molar-refractivity contribution in [1.82, 2.24) is 8.61 Å². The van der Waals surface area contributed by atoms with Gasteiger partial charge in [-0.2, -0.15) is 8.61 Å². The topological polar surface area (TPSA) is 74.8 Å². The Bertz CT molecular complexity index is 1480. The second kappa shape index (κ2) is 9.19. The molecule has 6 nitrogen and oxygen atoms in total. The molecule has 0 spiro atoms. The van der Waals surface area contributed by atoms with Gasteiger partial charge in [0.2, 0.25) is 20.0 Å². The highest BCUT2D eigenvalue weighted by molar-refractivity contribution is 7.89. The van der Waals surface area contributed by atoms with E-state index >= 15 is 0 Å². The van der Waals surface area contributed by atoms with Crippen LogP contribution < -0.4 is 0 Å². The zero-order valence-electron chi connectivity index (χ0n) is 22.2. The molecular weight excluding hydrogens is 504 g/mol. The lowest BCUT2D eigenvalue weighted by molar-refractivity contribution is 0.438. The van der Waals surface area contributed by atoms with Crippen LogP contribution in [0.2, 0.25) is 0 Å². The van der Waals surface area contributed by atoms with Gasteiger partial charge in [0.05, 0.1) is 9.79 Å². The average Bonchev–Trinajstić information content (AvgIpc) is 3.44. The molecular formula is C29H36N2O4S2. The minimum atomic E-state index is -3.66. The molecule has 2 saturated heterocycles. The van der Waals surface area contributed by atoms with Gasteiger partial charge < -0.3 is 0 Å². The maximum Gasteiger partial charge on any atom is 0.243 e. The molecule has 0 unspecified atom stereocenters. The van der Waals surface area contributed by atoms with Gasteiger partial charge in [-0.25, -0.2) is 16.8 Å². The molecule has 2 heterocycles. The molecule has 8 heteroatoms. The summed E-state index contributed by atoms with van der Waals surface area (Å²) >= 11 is 0. The van der Waals surface area contributed by atoms with Crippen LogP contribution >= 0.6 is 0 Å². The summed E-state index contributed by atoms with van der Waals surface area (Å²) in [6, 6.07) is 14.0. The van der Waals surface area contributed by atoms with Crippen molar-refractivity contribution in [3.8, 4) is 0 Å². The number of aryl methyl sites for hydroxylation is 2. The molecule has 2 aromatic rings. The van der Waals surface area contributed by atoms with Crippen molar-refractivity contribution in [1.29, 1.82) is 0 Å². The number of hydrogen-bond acceptors (Lipinski definition) is 4. The summed E-state index contributed by atoms with van der Waals surface area (Å²) in [5, 5.41) is 0. The van der Waals surface area contributed by atoms with E-state index in [1.807, 2.05) is 38.1 Å². The van der Waals surface area contributed by atoms with Crippen LogP contribution in [-0.2, 0) is 20.0 Å². The van der Waals surface area contributed by atoms with Crippen LogP contribution in [0.25, 0.3) is 0 Å². The monoisotopic (exact) mass is 540 g/mol. The molecule has 2 aliphatic heterocycles. The molecule has 37 heavy (non-hydrogen) atoms. The van der Waals surface area contributed by atoms with Gasteiger partial charge >= 0.3 is 0 Å². The summed E-state index contributed by atoms with van der Waals surface area (Å²) in [5.41, 5.74) is 5.38. The fourth-order valence-corrected chi connectivity index (χ4v) is 8.76. The summed E-state index contributed by atoms with van der Waals surface area (Å²) in [6.45, 7) is 11.8. The Balaban J connectivity index is 1.52. The quantitative estimate of drug-likeness (QED) is 0.516. The molecule has 2 aromatic carbocycles. The Morgan fingerprint density at radius 3 is 1.68 bits per heavy atom. The molecule has 0 aromatic heterocycles. The SMILES string of the molecule is Cc1ccc(S(=O)(=O)N2CC3=C4CN(S(=O)(=O)c5ccc(C)cc5)C[C@H]4/C(=C\C(C)(C)C)C[C@H]3C2)cc1. The number of rotatable bonds is 4. The summed E-state index contributed by atoms with van der Waals surface area (Å²) in [5.74, 6) is 0.0647. The Kier molecular flexibility index (Phi) is 6.54. The standard InChI is InChI=1S/C29H36N2O4S2/c1-20-6-10-24(11-7-20)36(32,33)30-16-23-14-22(15-29(3,4)5)26-17-31(19-28(26)27(23)18-30)37(34,35)25-12-8-21(2)9-13-25/h6-13,15,23,26H,14,16-19H2,1-5H3/b22-15-/t23-,26-/m0/s1. The zero-order valence-corrected chi connectivity index (χ0v) is 23.9. The molecule has 0 N–H and O–H groups in total. The van der Waals surface area contributed by atoms with Gasteiger partial charge in [-0.3, -0.25) is 0 Å². The van der Waals surface area contributed by atoms with Crippen molar-refractivity contribution < 1.29 is 16.8 Å². The zero-order chi connectivity index (χ0) is 26.8. The van der Waals surface area contributed by atoms with Gasteiger partial charge in [-0.1, -0.05) is 67.8 Å². The van der Waals surface area contributed by atoms with E-state index in [-0.39, 0.29) is 17.3 Å². The first-order chi connectivity index (χ1) is 17.3. The van der Waals surface area contributed by atoms with E-state index in [2.05, 4.69) is 26.8 Å². The molecule has 2 atom stereocenters. The highest BCUT2D eigenvalue weighted by atomic mass is 32.2. The molecule has 198 valence electrons. The van der Waals surface area contributed by atoms with E-state index in [1.54, 1.807) is 32.9 Å². The smallest absolute Gasteiger partial charge is 0.207 e. The number of benzene rings is 2. The normalized spacial score (nSPS) is 24.5. The molecule has 1 aliphatic carbocycles. The van der Waals surface area contributed by atoms with Gasteiger partial charge in [0.25, 0.3) is 0 Å². The number of allylic oxidation sites excluding steroid dienone is 1. The van der Waals surface area contributed by atoms with Crippen LogP contribution in [0.3, 0.4) is 0 Å². The lowest BCUT2D eigenvalue weighted by Crippen LogP contribution is -2.30. The van der Waals surface area contributed by atoms with E-state index in [0.29, 0.717) is 36.0 Å². The van der Waals surface area contributed by atoms with Crippen molar-refractivity contribution in [3.63, 3.8) is 0 Å².